The Balaban J connectivity index is 1.58. The van der Waals surface area contributed by atoms with Crippen LogP contribution in [0.3, 0.4) is 0 Å². The van der Waals surface area contributed by atoms with Gasteiger partial charge in [-0.25, -0.2) is 0 Å². The molecule has 126 valence electrons. The second-order valence-electron chi connectivity index (χ2n) is 6.45. The first-order valence-electron chi connectivity index (χ1n) is 8.54. The molecule has 3 N–H and O–H groups in total. The number of carbonyl (C=O) groups is 1. The summed E-state index contributed by atoms with van der Waals surface area (Å²) < 4.78 is 0. The van der Waals surface area contributed by atoms with Crippen molar-refractivity contribution in [3.05, 3.63) is 60.2 Å². The lowest BCUT2D eigenvalue weighted by molar-refractivity contribution is -0.122. The third-order valence-corrected chi connectivity index (χ3v) is 4.65. The van der Waals surface area contributed by atoms with Crippen molar-refractivity contribution in [3.8, 4) is 0 Å². The number of amides is 1. The molecule has 3 unspecified atom stereocenters. The normalized spacial score (nSPS) is 21.2. The van der Waals surface area contributed by atoms with Crippen molar-refractivity contribution < 1.29 is 9.90 Å². The molecular weight excluding hydrogens is 300 g/mol. The fourth-order valence-electron chi connectivity index (χ4n) is 3.21. The van der Waals surface area contributed by atoms with E-state index < -0.39 is 6.10 Å². The second-order valence-corrected chi connectivity index (χ2v) is 6.45. The van der Waals surface area contributed by atoms with Crippen LogP contribution in [0.4, 0.5) is 11.4 Å². The van der Waals surface area contributed by atoms with Crippen molar-refractivity contribution in [2.24, 2.45) is 5.92 Å². The Kier molecular flexibility index (Phi) is 5.16. The van der Waals surface area contributed by atoms with Gasteiger partial charge >= 0.3 is 0 Å². The first kappa shape index (κ1) is 16.5. The van der Waals surface area contributed by atoms with Gasteiger partial charge in [0.2, 0.25) is 5.91 Å². The maximum Gasteiger partial charge on any atom is 0.230 e. The number of aliphatic hydroxyl groups excluding tert-OH is 1. The van der Waals surface area contributed by atoms with Gasteiger partial charge in [-0.2, -0.15) is 0 Å². The van der Waals surface area contributed by atoms with E-state index in [1.54, 1.807) is 0 Å². The van der Waals surface area contributed by atoms with E-state index in [0.29, 0.717) is 0 Å². The molecule has 0 bridgehead atoms. The van der Waals surface area contributed by atoms with Gasteiger partial charge in [0.25, 0.3) is 0 Å². The van der Waals surface area contributed by atoms with Gasteiger partial charge < -0.3 is 15.7 Å². The smallest absolute Gasteiger partial charge is 0.230 e. The summed E-state index contributed by atoms with van der Waals surface area (Å²) in [5, 5.41) is 16.2. The molecule has 2 aromatic carbocycles. The van der Waals surface area contributed by atoms with E-state index in [1.165, 1.54) is 5.56 Å². The lowest BCUT2D eigenvalue weighted by Crippen LogP contribution is -2.28. The Labute approximate surface area is 142 Å². The van der Waals surface area contributed by atoms with E-state index in [9.17, 15) is 9.90 Å². The molecule has 3 atom stereocenters. The molecule has 0 spiro atoms. The fourth-order valence-corrected chi connectivity index (χ4v) is 3.21. The Morgan fingerprint density at radius 1 is 1.04 bits per heavy atom. The van der Waals surface area contributed by atoms with Gasteiger partial charge in [-0.05, 0) is 56.0 Å². The Bertz CT molecular complexity index is 670. The van der Waals surface area contributed by atoms with Gasteiger partial charge in [0.05, 0.1) is 12.0 Å². The molecule has 4 heteroatoms. The van der Waals surface area contributed by atoms with Gasteiger partial charge in [-0.1, -0.05) is 30.3 Å². The number of hydrogen-bond donors (Lipinski definition) is 3. The Morgan fingerprint density at radius 2 is 1.71 bits per heavy atom. The predicted molar refractivity (Wildman–Crippen MR) is 96.9 cm³/mol. The summed E-state index contributed by atoms with van der Waals surface area (Å²) in [5.41, 5.74) is 2.99. The van der Waals surface area contributed by atoms with Crippen LogP contribution >= 0.6 is 0 Å². The number of carbonyl (C=O) groups excluding carboxylic acids is 1. The van der Waals surface area contributed by atoms with Crippen LogP contribution < -0.4 is 10.6 Å². The number of rotatable bonds is 5. The van der Waals surface area contributed by atoms with Crippen LogP contribution in [0.5, 0.6) is 0 Å². The molecule has 0 saturated heterocycles. The molecule has 3 rings (SSSR count). The van der Waals surface area contributed by atoms with E-state index in [1.807, 2.05) is 42.5 Å². The zero-order valence-corrected chi connectivity index (χ0v) is 13.9. The monoisotopic (exact) mass is 324 g/mol. The Morgan fingerprint density at radius 3 is 2.33 bits per heavy atom. The highest BCUT2D eigenvalue weighted by Gasteiger charge is 2.31. The summed E-state index contributed by atoms with van der Waals surface area (Å²) in [4.78, 5) is 12.2. The minimum atomic E-state index is -0.502. The van der Waals surface area contributed by atoms with Crippen LogP contribution in [0.15, 0.2) is 54.6 Å². The van der Waals surface area contributed by atoms with Gasteiger partial charge in [0.1, 0.15) is 0 Å². The summed E-state index contributed by atoms with van der Waals surface area (Å²) >= 11 is 0. The lowest BCUT2D eigenvalue weighted by atomic mass is 10.1. The molecule has 0 radical (unpaired) electrons. The number of benzene rings is 2. The van der Waals surface area contributed by atoms with Crippen molar-refractivity contribution in [3.63, 3.8) is 0 Å². The molecule has 0 heterocycles. The highest BCUT2D eigenvalue weighted by molar-refractivity contribution is 5.93. The summed E-state index contributed by atoms with van der Waals surface area (Å²) in [6, 6.07) is 18.2. The number of hydrogen-bond acceptors (Lipinski definition) is 3. The number of aliphatic hydroxyl groups is 1. The highest BCUT2D eigenvalue weighted by atomic mass is 16.3. The SMILES string of the molecule is CC(Nc1ccc(NC(=O)C2CCCC2O)cc1)c1ccccc1. The highest BCUT2D eigenvalue weighted by Crippen LogP contribution is 2.27. The van der Waals surface area contributed by atoms with Crippen molar-refractivity contribution in [2.45, 2.75) is 38.3 Å². The van der Waals surface area contributed by atoms with Gasteiger partial charge in [0.15, 0.2) is 0 Å². The fraction of sp³-hybridized carbons (Fsp3) is 0.350. The van der Waals surface area contributed by atoms with Crippen LogP contribution in [-0.4, -0.2) is 17.1 Å². The Hall–Kier alpha value is -2.33. The second kappa shape index (κ2) is 7.49. The van der Waals surface area contributed by atoms with Crippen LogP contribution in [0.2, 0.25) is 0 Å². The van der Waals surface area contributed by atoms with Crippen LogP contribution in [0.1, 0.15) is 37.8 Å². The molecular formula is C20H24N2O2. The van der Waals surface area contributed by atoms with E-state index in [0.717, 1.165) is 30.6 Å². The first-order chi connectivity index (χ1) is 11.6. The van der Waals surface area contributed by atoms with E-state index in [2.05, 4.69) is 29.7 Å². The topological polar surface area (TPSA) is 61.4 Å². The van der Waals surface area contributed by atoms with Gasteiger partial charge in [-0.15, -0.1) is 0 Å². The summed E-state index contributed by atoms with van der Waals surface area (Å²) in [5.74, 6) is -0.362. The van der Waals surface area contributed by atoms with Crippen molar-refractivity contribution in [1.82, 2.24) is 0 Å². The third kappa shape index (κ3) is 3.95. The number of anilines is 2. The quantitative estimate of drug-likeness (QED) is 0.780. The summed E-state index contributed by atoms with van der Waals surface area (Å²) in [7, 11) is 0. The van der Waals surface area contributed by atoms with E-state index >= 15 is 0 Å². The van der Waals surface area contributed by atoms with Crippen LogP contribution in [-0.2, 0) is 4.79 Å². The average Bonchev–Trinajstić information content (AvgIpc) is 3.03. The predicted octanol–water partition coefficient (Wildman–Crippen LogP) is 3.96. The standard InChI is InChI=1S/C20H24N2O2/c1-14(15-6-3-2-4-7-15)21-16-10-12-17(13-11-16)22-20(24)18-8-5-9-19(18)23/h2-4,6-7,10-14,18-19,21,23H,5,8-9H2,1H3,(H,22,24). The molecule has 4 nitrogen and oxygen atoms in total. The molecule has 24 heavy (non-hydrogen) atoms. The number of nitrogens with one attached hydrogen (secondary N) is 2. The molecule has 0 aromatic heterocycles. The molecule has 1 fully saturated rings. The molecule has 1 amide bonds. The maximum atomic E-state index is 12.2. The molecule has 2 aromatic rings. The third-order valence-electron chi connectivity index (χ3n) is 4.65. The largest absolute Gasteiger partial charge is 0.392 e. The summed E-state index contributed by atoms with van der Waals surface area (Å²) in [6.45, 7) is 2.12. The molecule has 1 aliphatic rings. The van der Waals surface area contributed by atoms with Gasteiger partial charge in [0, 0.05) is 17.4 Å². The van der Waals surface area contributed by atoms with Gasteiger partial charge in [-0.3, -0.25) is 4.79 Å². The lowest BCUT2D eigenvalue weighted by Gasteiger charge is -2.17. The molecule has 1 aliphatic carbocycles. The van der Waals surface area contributed by atoms with Crippen molar-refractivity contribution >= 4 is 17.3 Å². The van der Waals surface area contributed by atoms with Crippen molar-refractivity contribution in [1.29, 1.82) is 0 Å². The average molecular weight is 324 g/mol. The summed E-state index contributed by atoms with van der Waals surface area (Å²) in [6.07, 6.45) is 1.90. The first-order valence-corrected chi connectivity index (χ1v) is 8.54. The zero-order valence-electron chi connectivity index (χ0n) is 13.9. The van der Waals surface area contributed by atoms with Crippen LogP contribution in [0.25, 0.3) is 0 Å². The minimum Gasteiger partial charge on any atom is -0.392 e. The van der Waals surface area contributed by atoms with E-state index in [4.69, 9.17) is 0 Å². The van der Waals surface area contributed by atoms with Crippen LogP contribution in [0, 0.1) is 5.92 Å². The van der Waals surface area contributed by atoms with Crippen molar-refractivity contribution in [2.75, 3.05) is 10.6 Å². The maximum absolute atomic E-state index is 12.2. The zero-order chi connectivity index (χ0) is 16.9. The molecule has 0 aliphatic heterocycles. The van der Waals surface area contributed by atoms with E-state index in [-0.39, 0.29) is 17.9 Å². The minimum absolute atomic E-state index is 0.0848. The molecule has 1 saturated carbocycles.